The summed E-state index contributed by atoms with van der Waals surface area (Å²) in [5.74, 6) is 0.687. The number of rotatable bonds is 7. The van der Waals surface area contributed by atoms with Gasteiger partial charge in [-0.1, -0.05) is 11.6 Å². The number of likely N-dealkylation sites (N-methyl/N-ethyl adjacent to an activating group) is 1. The first kappa shape index (κ1) is 20.0. The van der Waals surface area contributed by atoms with Crippen molar-refractivity contribution in [3.8, 4) is 11.5 Å². The quantitative estimate of drug-likeness (QED) is 0.774. The summed E-state index contributed by atoms with van der Waals surface area (Å²) in [4.78, 5) is 13.2. The molecule has 0 fully saturated rings. The maximum absolute atomic E-state index is 13.1. The zero-order valence-corrected chi connectivity index (χ0v) is 16.0. The number of carbonyl (C=O) groups is 1. The fourth-order valence-corrected chi connectivity index (χ4v) is 2.87. The van der Waals surface area contributed by atoms with E-state index in [9.17, 15) is 9.18 Å². The van der Waals surface area contributed by atoms with Gasteiger partial charge in [0.15, 0.2) is 18.0 Å². The second kappa shape index (κ2) is 8.87. The average Bonchev–Trinajstić information content (AvgIpc) is 2.58. The number of benzene rings is 2. The Bertz CT molecular complexity index is 799. The first-order chi connectivity index (χ1) is 12.3. The molecule has 0 bridgehead atoms. The number of anilines is 1. The number of hydrogen-bond donors (Lipinski definition) is 2. The molecule has 0 heterocycles. The van der Waals surface area contributed by atoms with Crippen molar-refractivity contribution in [3.63, 3.8) is 0 Å². The van der Waals surface area contributed by atoms with Crippen LogP contribution in [0.3, 0.4) is 0 Å². The van der Waals surface area contributed by atoms with E-state index in [4.69, 9.17) is 21.1 Å². The second-order valence-corrected chi connectivity index (χ2v) is 6.52. The molecule has 0 spiro atoms. The SMILES string of the molecule is COc1cc(C)c(C[NH+](C)CC(=O)Nc2ccc(F)cc2Cl)cc1OC. The summed E-state index contributed by atoms with van der Waals surface area (Å²) < 4.78 is 23.7. The van der Waals surface area contributed by atoms with Crippen LogP contribution in [0.4, 0.5) is 10.1 Å². The van der Waals surface area contributed by atoms with E-state index in [0.717, 1.165) is 16.0 Å². The van der Waals surface area contributed by atoms with E-state index >= 15 is 0 Å². The molecule has 0 aromatic heterocycles. The van der Waals surface area contributed by atoms with Crippen LogP contribution in [0.25, 0.3) is 0 Å². The van der Waals surface area contributed by atoms with Crippen molar-refractivity contribution >= 4 is 23.2 Å². The van der Waals surface area contributed by atoms with Crippen LogP contribution in [-0.4, -0.2) is 33.7 Å². The number of carbonyl (C=O) groups excluding carboxylic acids is 1. The molecule has 2 N–H and O–H groups in total. The maximum Gasteiger partial charge on any atom is 0.279 e. The normalized spacial score (nSPS) is 11.8. The lowest BCUT2D eigenvalue weighted by Gasteiger charge is -2.17. The Morgan fingerprint density at radius 1 is 1.19 bits per heavy atom. The van der Waals surface area contributed by atoms with E-state index in [0.29, 0.717) is 23.7 Å². The van der Waals surface area contributed by atoms with Gasteiger partial charge in [0.2, 0.25) is 0 Å². The Morgan fingerprint density at radius 3 is 2.46 bits per heavy atom. The molecule has 5 nitrogen and oxygen atoms in total. The van der Waals surface area contributed by atoms with Crippen molar-refractivity contribution in [2.24, 2.45) is 0 Å². The van der Waals surface area contributed by atoms with E-state index in [1.165, 1.54) is 18.2 Å². The van der Waals surface area contributed by atoms with Gasteiger partial charge in [-0.15, -0.1) is 0 Å². The van der Waals surface area contributed by atoms with Gasteiger partial charge >= 0.3 is 0 Å². The minimum atomic E-state index is -0.445. The van der Waals surface area contributed by atoms with E-state index in [-0.39, 0.29) is 17.5 Å². The molecule has 1 atom stereocenters. The number of hydrogen-bond acceptors (Lipinski definition) is 3. The molecule has 2 aromatic rings. The number of ether oxygens (including phenoxy) is 2. The fraction of sp³-hybridized carbons (Fsp3) is 0.316. The van der Waals surface area contributed by atoms with Crippen molar-refractivity contribution < 1.29 is 23.6 Å². The van der Waals surface area contributed by atoms with Gasteiger partial charge in [-0.3, -0.25) is 4.79 Å². The Hall–Kier alpha value is -2.31. The summed E-state index contributed by atoms with van der Waals surface area (Å²) in [7, 11) is 5.11. The molecule has 140 valence electrons. The van der Waals surface area contributed by atoms with Gasteiger partial charge in [-0.25, -0.2) is 4.39 Å². The second-order valence-electron chi connectivity index (χ2n) is 6.12. The average molecular weight is 382 g/mol. The monoisotopic (exact) mass is 381 g/mol. The third kappa shape index (κ3) is 5.09. The van der Waals surface area contributed by atoms with Crippen molar-refractivity contribution in [1.29, 1.82) is 0 Å². The molecule has 7 heteroatoms. The van der Waals surface area contributed by atoms with E-state index in [1.54, 1.807) is 14.2 Å². The lowest BCUT2D eigenvalue weighted by Crippen LogP contribution is -3.08. The number of halogens is 2. The summed E-state index contributed by atoms with van der Waals surface area (Å²) in [6.07, 6.45) is 0. The standard InChI is InChI=1S/C19H22ClFN2O3/c1-12-7-17(25-3)18(26-4)8-13(12)10-23(2)11-19(24)22-16-6-5-14(21)9-15(16)20/h5-9H,10-11H2,1-4H3,(H,22,24)/p+1. The van der Waals surface area contributed by atoms with E-state index in [2.05, 4.69) is 5.32 Å². The third-order valence-electron chi connectivity index (χ3n) is 4.00. The first-order valence-electron chi connectivity index (χ1n) is 8.11. The lowest BCUT2D eigenvalue weighted by molar-refractivity contribution is -0.885. The third-order valence-corrected chi connectivity index (χ3v) is 4.31. The summed E-state index contributed by atoms with van der Waals surface area (Å²) in [6, 6.07) is 7.71. The van der Waals surface area contributed by atoms with Gasteiger partial charge in [-0.05, 0) is 42.8 Å². The van der Waals surface area contributed by atoms with Crippen LogP contribution >= 0.6 is 11.6 Å². The highest BCUT2D eigenvalue weighted by Crippen LogP contribution is 2.29. The van der Waals surface area contributed by atoms with Crippen LogP contribution < -0.4 is 19.7 Å². The maximum atomic E-state index is 13.1. The lowest BCUT2D eigenvalue weighted by atomic mass is 10.1. The van der Waals surface area contributed by atoms with Gasteiger partial charge in [-0.2, -0.15) is 0 Å². The highest BCUT2D eigenvalue weighted by molar-refractivity contribution is 6.33. The molecule has 0 aliphatic heterocycles. The predicted octanol–water partition coefficient (Wildman–Crippen LogP) is 2.46. The number of aryl methyl sites for hydroxylation is 1. The molecule has 0 radical (unpaired) electrons. The molecule has 2 aromatic carbocycles. The van der Waals surface area contributed by atoms with Gasteiger partial charge in [0, 0.05) is 5.56 Å². The molecule has 1 unspecified atom stereocenters. The van der Waals surface area contributed by atoms with Gasteiger partial charge < -0.3 is 19.7 Å². The van der Waals surface area contributed by atoms with Crippen LogP contribution in [0.15, 0.2) is 30.3 Å². The Balaban J connectivity index is 2.01. The molecule has 1 amide bonds. The zero-order chi connectivity index (χ0) is 19.3. The number of amides is 1. The van der Waals surface area contributed by atoms with Crippen LogP contribution in [0.1, 0.15) is 11.1 Å². The summed E-state index contributed by atoms with van der Waals surface area (Å²) >= 11 is 5.94. The minimum Gasteiger partial charge on any atom is -0.493 e. The van der Waals surface area contributed by atoms with Crippen LogP contribution in [-0.2, 0) is 11.3 Å². The molecular weight excluding hydrogens is 359 g/mol. The molecule has 0 aliphatic carbocycles. The van der Waals surface area contributed by atoms with Crippen LogP contribution in [0, 0.1) is 12.7 Å². The van der Waals surface area contributed by atoms with Crippen molar-refractivity contribution in [2.45, 2.75) is 13.5 Å². The van der Waals surface area contributed by atoms with Gasteiger partial charge in [0.05, 0.1) is 32.0 Å². The van der Waals surface area contributed by atoms with Crippen LogP contribution in [0.5, 0.6) is 11.5 Å². The predicted molar refractivity (Wildman–Crippen MR) is 99.8 cm³/mol. The summed E-state index contributed by atoms with van der Waals surface area (Å²) in [5.41, 5.74) is 2.52. The topological polar surface area (TPSA) is 52.0 Å². The Labute approximate surface area is 157 Å². The molecule has 0 saturated heterocycles. The van der Waals surface area contributed by atoms with E-state index in [1.807, 2.05) is 26.1 Å². The summed E-state index contributed by atoms with van der Waals surface area (Å²) in [6.45, 7) is 2.86. The summed E-state index contributed by atoms with van der Waals surface area (Å²) in [5, 5.41) is 2.88. The van der Waals surface area contributed by atoms with Crippen molar-refractivity contribution in [2.75, 3.05) is 33.1 Å². The fourth-order valence-electron chi connectivity index (χ4n) is 2.66. The first-order valence-corrected chi connectivity index (χ1v) is 8.49. The molecule has 0 aliphatic rings. The molecule has 26 heavy (non-hydrogen) atoms. The number of quaternary nitrogens is 1. The van der Waals surface area contributed by atoms with Crippen LogP contribution in [0.2, 0.25) is 5.02 Å². The Kier molecular flexibility index (Phi) is 6.83. The highest BCUT2D eigenvalue weighted by atomic mass is 35.5. The molecule has 2 rings (SSSR count). The Morgan fingerprint density at radius 2 is 1.85 bits per heavy atom. The largest absolute Gasteiger partial charge is 0.493 e. The van der Waals surface area contributed by atoms with Gasteiger partial charge in [0.25, 0.3) is 5.91 Å². The highest BCUT2D eigenvalue weighted by Gasteiger charge is 2.16. The molecule has 0 saturated carbocycles. The van der Waals surface area contributed by atoms with Crippen molar-refractivity contribution in [1.82, 2.24) is 0 Å². The number of nitrogens with one attached hydrogen (secondary N) is 2. The van der Waals surface area contributed by atoms with Crippen molar-refractivity contribution in [3.05, 3.63) is 52.3 Å². The smallest absolute Gasteiger partial charge is 0.279 e. The minimum absolute atomic E-state index is 0.173. The molecular formula is C19H23ClFN2O3+. The van der Waals surface area contributed by atoms with Gasteiger partial charge in [0.1, 0.15) is 12.4 Å². The number of methoxy groups -OCH3 is 2. The zero-order valence-electron chi connectivity index (χ0n) is 15.3. The van der Waals surface area contributed by atoms with E-state index < -0.39 is 5.82 Å².